The highest BCUT2D eigenvalue weighted by Gasteiger charge is 2.06. The fourth-order valence-electron chi connectivity index (χ4n) is 1.35. The van der Waals surface area contributed by atoms with Gasteiger partial charge in [-0.05, 0) is 23.3 Å². The lowest BCUT2D eigenvalue weighted by Gasteiger charge is -2.03. The zero-order chi connectivity index (χ0) is 12.8. The molecule has 0 aliphatic heterocycles. The molecule has 5 heteroatoms. The van der Waals surface area contributed by atoms with Crippen LogP contribution in [0.5, 0.6) is 0 Å². The summed E-state index contributed by atoms with van der Waals surface area (Å²) in [5.74, 6) is -2.02. The lowest BCUT2D eigenvalue weighted by atomic mass is 10.0. The molecule has 4 nitrogen and oxygen atoms in total. The molecule has 0 saturated heterocycles. The molecule has 0 aliphatic rings. The van der Waals surface area contributed by atoms with Crippen LogP contribution in [0.25, 0.3) is 6.08 Å². The number of primary amides is 1. The minimum Gasteiger partial charge on any atom is -0.481 e. The second kappa shape index (κ2) is 5.79. The van der Waals surface area contributed by atoms with Crippen LogP contribution in [0.1, 0.15) is 17.5 Å². The van der Waals surface area contributed by atoms with Crippen LogP contribution in [0.3, 0.4) is 0 Å². The molecule has 0 aliphatic carbocycles. The molecule has 1 aromatic carbocycles. The second-order valence-corrected chi connectivity index (χ2v) is 3.49. The Bertz CT molecular complexity index is 469. The van der Waals surface area contributed by atoms with E-state index in [4.69, 9.17) is 10.8 Å². The molecule has 0 fully saturated rings. The first kappa shape index (κ1) is 12.9. The van der Waals surface area contributed by atoms with Gasteiger partial charge in [0.25, 0.3) is 0 Å². The standard InChI is InChI=1S/C12H12FNO3/c13-10-5-4-8(2-1-3-11(14)15)9(6-10)7-12(16)17/h1-2,4-6H,3,7H2,(H2,14,15)(H,16,17). The predicted molar refractivity (Wildman–Crippen MR) is 60.6 cm³/mol. The average molecular weight is 237 g/mol. The summed E-state index contributed by atoms with van der Waals surface area (Å²) < 4.78 is 13.0. The van der Waals surface area contributed by atoms with Gasteiger partial charge in [0, 0.05) is 6.42 Å². The van der Waals surface area contributed by atoms with Crippen molar-refractivity contribution in [2.45, 2.75) is 12.8 Å². The number of carboxylic acid groups (broad SMARTS) is 1. The van der Waals surface area contributed by atoms with E-state index in [1.54, 1.807) is 6.08 Å². The van der Waals surface area contributed by atoms with Gasteiger partial charge in [0.15, 0.2) is 0 Å². The fraction of sp³-hybridized carbons (Fsp3) is 0.167. The molecule has 90 valence electrons. The van der Waals surface area contributed by atoms with E-state index in [0.717, 1.165) is 6.07 Å². The third kappa shape index (κ3) is 4.46. The number of benzene rings is 1. The molecule has 0 aromatic heterocycles. The van der Waals surface area contributed by atoms with E-state index >= 15 is 0 Å². The molecular formula is C12H12FNO3. The van der Waals surface area contributed by atoms with Crippen LogP contribution in [0.15, 0.2) is 24.3 Å². The van der Waals surface area contributed by atoms with Crippen LogP contribution in [-0.4, -0.2) is 17.0 Å². The van der Waals surface area contributed by atoms with Crippen LogP contribution >= 0.6 is 0 Å². The molecule has 17 heavy (non-hydrogen) atoms. The topological polar surface area (TPSA) is 80.4 Å². The lowest BCUT2D eigenvalue weighted by Crippen LogP contribution is -2.08. The molecule has 1 amide bonds. The lowest BCUT2D eigenvalue weighted by molar-refractivity contribution is -0.136. The molecule has 0 radical (unpaired) electrons. The first-order valence-electron chi connectivity index (χ1n) is 4.94. The smallest absolute Gasteiger partial charge is 0.307 e. The van der Waals surface area contributed by atoms with E-state index in [9.17, 15) is 14.0 Å². The third-order valence-electron chi connectivity index (χ3n) is 2.06. The van der Waals surface area contributed by atoms with Gasteiger partial charge < -0.3 is 10.8 Å². The monoisotopic (exact) mass is 237 g/mol. The zero-order valence-corrected chi connectivity index (χ0v) is 9.02. The number of aliphatic carboxylic acids is 1. The van der Waals surface area contributed by atoms with Gasteiger partial charge >= 0.3 is 5.97 Å². The van der Waals surface area contributed by atoms with Gasteiger partial charge in [0.1, 0.15) is 5.82 Å². The number of nitrogens with two attached hydrogens (primary N) is 1. The van der Waals surface area contributed by atoms with E-state index in [0.29, 0.717) is 11.1 Å². The molecule has 0 unspecified atom stereocenters. The van der Waals surface area contributed by atoms with Crippen LogP contribution in [0.4, 0.5) is 4.39 Å². The summed E-state index contributed by atoms with van der Waals surface area (Å²) in [5, 5.41) is 8.68. The minimum absolute atomic E-state index is 0.0594. The Morgan fingerprint density at radius 3 is 2.71 bits per heavy atom. The van der Waals surface area contributed by atoms with Crippen LogP contribution < -0.4 is 5.73 Å². The first-order chi connectivity index (χ1) is 7.99. The molecule has 3 N–H and O–H groups in total. The molecule has 0 spiro atoms. The number of halogens is 1. The van der Waals surface area contributed by atoms with Crippen molar-refractivity contribution in [3.63, 3.8) is 0 Å². The number of hydrogen-bond donors (Lipinski definition) is 2. The second-order valence-electron chi connectivity index (χ2n) is 3.49. The molecule has 0 atom stereocenters. The van der Waals surface area contributed by atoms with Gasteiger partial charge in [0.2, 0.25) is 5.91 Å². The Morgan fingerprint density at radius 1 is 1.41 bits per heavy atom. The van der Waals surface area contributed by atoms with Gasteiger partial charge in [-0.1, -0.05) is 18.2 Å². The summed E-state index contributed by atoms with van der Waals surface area (Å²) in [7, 11) is 0. The highest BCUT2D eigenvalue weighted by atomic mass is 19.1. The summed E-state index contributed by atoms with van der Waals surface area (Å²) in [6, 6.07) is 3.86. The quantitative estimate of drug-likeness (QED) is 0.810. The average Bonchev–Trinajstić information content (AvgIpc) is 2.20. The maximum absolute atomic E-state index is 13.0. The first-order valence-corrected chi connectivity index (χ1v) is 4.94. The van der Waals surface area contributed by atoms with E-state index in [1.807, 2.05) is 0 Å². The molecule has 1 aromatic rings. The van der Waals surface area contributed by atoms with Crippen molar-refractivity contribution in [3.8, 4) is 0 Å². The van der Waals surface area contributed by atoms with Crippen molar-refractivity contribution in [3.05, 3.63) is 41.2 Å². The maximum atomic E-state index is 13.0. The number of hydrogen-bond acceptors (Lipinski definition) is 2. The summed E-state index contributed by atoms with van der Waals surface area (Å²) >= 11 is 0. The van der Waals surface area contributed by atoms with E-state index in [1.165, 1.54) is 18.2 Å². The van der Waals surface area contributed by atoms with Gasteiger partial charge in [-0.15, -0.1) is 0 Å². The Morgan fingerprint density at radius 2 is 2.12 bits per heavy atom. The number of carbonyl (C=O) groups is 2. The summed E-state index contributed by atoms with van der Waals surface area (Å²) in [5.41, 5.74) is 5.88. The fourth-order valence-corrected chi connectivity index (χ4v) is 1.35. The number of rotatable bonds is 5. The van der Waals surface area contributed by atoms with Gasteiger partial charge in [0.05, 0.1) is 6.42 Å². The maximum Gasteiger partial charge on any atom is 0.307 e. The number of carboxylic acids is 1. The highest BCUT2D eigenvalue weighted by Crippen LogP contribution is 2.14. The molecule has 0 saturated carbocycles. The number of carbonyl (C=O) groups excluding carboxylic acids is 1. The Kier molecular flexibility index (Phi) is 4.39. The summed E-state index contributed by atoms with van der Waals surface area (Å²) in [6.07, 6.45) is 2.86. The molecule has 1 rings (SSSR count). The van der Waals surface area contributed by atoms with E-state index < -0.39 is 17.7 Å². The predicted octanol–water partition coefficient (Wildman–Crippen LogP) is 1.34. The van der Waals surface area contributed by atoms with Crippen LogP contribution in [0, 0.1) is 5.82 Å². The van der Waals surface area contributed by atoms with E-state index in [2.05, 4.69) is 0 Å². The highest BCUT2D eigenvalue weighted by molar-refractivity contribution is 5.77. The Labute approximate surface area is 97.6 Å². The van der Waals surface area contributed by atoms with E-state index in [-0.39, 0.29) is 12.8 Å². The largest absolute Gasteiger partial charge is 0.481 e. The van der Waals surface area contributed by atoms with Crippen molar-refractivity contribution < 1.29 is 19.1 Å². The van der Waals surface area contributed by atoms with Crippen molar-refractivity contribution in [2.24, 2.45) is 5.73 Å². The minimum atomic E-state index is -1.04. The normalized spacial score (nSPS) is 10.6. The third-order valence-corrected chi connectivity index (χ3v) is 2.06. The van der Waals surface area contributed by atoms with Gasteiger partial charge in [-0.25, -0.2) is 4.39 Å². The van der Waals surface area contributed by atoms with Crippen molar-refractivity contribution in [1.29, 1.82) is 0 Å². The van der Waals surface area contributed by atoms with Crippen LogP contribution in [0.2, 0.25) is 0 Å². The summed E-state index contributed by atoms with van der Waals surface area (Å²) in [6.45, 7) is 0. The van der Waals surface area contributed by atoms with Crippen molar-refractivity contribution in [2.75, 3.05) is 0 Å². The SMILES string of the molecule is NC(=O)CC=Cc1ccc(F)cc1CC(=O)O. The Hall–Kier alpha value is -2.17. The molecule has 0 heterocycles. The Balaban J connectivity index is 2.93. The van der Waals surface area contributed by atoms with Gasteiger partial charge in [-0.2, -0.15) is 0 Å². The molecule has 0 bridgehead atoms. The molecular weight excluding hydrogens is 225 g/mol. The zero-order valence-electron chi connectivity index (χ0n) is 9.02. The van der Waals surface area contributed by atoms with Crippen LogP contribution in [-0.2, 0) is 16.0 Å². The van der Waals surface area contributed by atoms with Crippen molar-refractivity contribution in [1.82, 2.24) is 0 Å². The van der Waals surface area contributed by atoms with Gasteiger partial charge in [-0.3, -0.25) is 9.59 Å². The number of amides is 1. The van der Waals surface area contributed by atoms with Crippen molar-refractivity contribution >= 4 is 18.0 Å². The summed E-state index contributed by atoms with van der Waals surface area (Å²) in [4.78, 5) is 21.1.